The largest absolute Gasteiger partial charge is 0.454 e. The molecular formula is C64H113NO10. The third-order valence-corrected chi connectivity index (χ3v) is 14.1. The first kappa shape index (κ1) is 70.1. The van der Waals surface area contributed by atoms with Gasteiger partial charge in [0.05, 0.1) is 25.4 Å². The lowest BCUT2D eigenvalue weighted by molar-refractivity contribution is -0.305. The number of amides is 1. The molecule has 434 valence electrons. The second kappa shape index (κ2) is 51.8. The zero-order valence-corrected chi connectivity index (χ0v) is 47.9. The highest BCUT2D eigenvalue weighted by atomic mass is 16.7. The molecule has 1 aliphatic rings. The lowest BCUT2D eigenvalue weighted by Gasteiger charge is -2.41. The van der Waals surface area contributed by atoms with Crippen LogP contribution in [0.5, 0.6) is 0 Å². The van der Waals surface area contributed by atoms with E-state index in [1.807, 2.05) is 18.2 Å². The summed E-state index contributed by atoms with van der Waals surface area (Å²) in [5.74, 6) is -1.27. The Hall–Kier alpha value is -2.90. The van der Waals surface area contributed by atoms with Gasteiger partial charge in [-0.05, 0) is 83.5 Å². The van der Waals surface area contributed by atoms with Crippen LogP contribution in [0, 0.1) is 0 Å². The van der Waals surface area contributed by atoms with Gasteiger partial charge in [-0.15, -0.1) is 0 Å². The number of rotatable bonds is 51. The van der Waals surface area contributed by atoms with Crippen LogP contribution >= 0.6 is 0 Å². The van der Waals surface area contributed by atoms with Gasteiger partial charge in [-0.3, -0.25) is 9.59 Å². The van der Waals surface area contributed by atoms with Gasteiger partial charge in [-0.25, -0.2) is 0 Å². The lowest BCUT2D eigenvalue weighted by atomic mass is 9.99. The summed E-state index contributed by atoms with van der Waals surface area (Å²) in [6.45, 7) is 5.71. The molecule has 1 rings (SSSR count). The normalized spacial score (nSPS) is 19.7. The van der Waals surface area contributed by atoms with Crippen molar-refractivity contribution in [2.75, 3.05) is 13.2 Å². The monoisotopic (exact) mass is 1060 g/mol. The van der Waals surface area contributed by atoms with Crippen LogP contribution in [-0.2, 0) is 23.8 Å². The molecule has 8 unspecified atom stereocenters. The fourth-order valence-corrected chi connectivity index (χ4v) is 9.18. The molecule has 1 amide bonds. The van der Waals surface area contributed by atoms with Crippen molar-refractivity contribution in [1.82, 2.24) is 5.32 Å². The fraction of sp³-hybridized carbons (Fsp3) is 0.781. The van der Waals surface area contributed by atoms with Gasteiger partial charge in [0, 0.05) is 6.42 Å². The first-order valence-corrected chi connectivity index (χ1v) is 30.7. The molecule has 1 saturated heterocycles. The highest BCUT2D eigenvalue weighted by Crippen LogP contribution is 2.26. The van der Waals surface area contributed by atoms with E-state index in [-0.39, 0.29) is 19.4 Å². The van der Waals surface area contributed by atoms with Gasteiger partial charge in [0.2, 0.25) is 5.91 Å². The summed E-state index contributed by atoms with van der Waals surface area (Å²) in [4.78, 5) is 26.4. The minimum Gasteiger partial charge on any atom is -0.454 e. The van der Waals surface area contributed by atoms with Crippen molar-refractivity contribution in [3.63, 3.8) is 0 Å². The average molecular weight is 1060 g/mol. The van der Waals surface area contributed by atoms with Crippen LogP contribution in [0.3, 0.4) is 0 Å². The maximum atomic E-state index is 13.4. The predicted molar refractivity (Wildman–Crippen MR) is 310 cm³/mol. The highest BCUT2D eigenvalue weighted by molar-refractivity contribution is 5.80. The van der Waals surface area contributed by atoms with Crippen molar-refractivity contribution in [1.29, 1.82) is 0 Å². The van der Waals surface area contributed by atoms with Crippen molar-refractivity contribution in [2.24, 2.45) is 0 Å². The van der Waals surface area contributed by atoms with Gasteiger partial charge >= 0.3 is 5.97 Å². The molecule has 1 fully saturated rings. The summed E-state index contributed by atoms with van der Waals surface area (Å²) in [5.41, 5.74) is 0. The van der Waals surface area contributed by atoms with Crippen LogP contribution in [-0.4, -0.2) is 99.6 Å². The third kappa shape index (κ3) is 40.0. The third-order valence-electron chi connectivity index (χ3n) is 14.1. The number of esters is 1. The van der Waals surface area contributed by atoms with Crippen molar-refractivity contribution >= 4 is 11.9 Å². The minimum absolute atomic E-state index is 0.0155. The predicted octanol–water partition coefficient (Wildman–Crippen LogP) is 14.4. The maximum absolute atomic E-state index is 13.4. The van der Waals surface area contributed by atoms with E-state index in [0.717, 1.165) is 77.0 Å². The van der Waals surface area contributed by atoms with Crippen LogP contribution in [0.1, 0.15) is 258 Å². The van der Waals surface area contributed by atoms with E-state index in [1.165, 1.54) is 135 Å². The van der Waals surface area contributed by atoms with Gasteiger partial charge < -0.3 is 45.1 Å². The molecule has 6 N–H and O–H groups in total. The average Bonchev–Trinajstić information content (AvgIpc) is 3.41. The number of carbonyl (C=O) groups excluding carboxylic acids is 2. The van der Waals surface area contributed by atoms with E-state index >= 15 is 0 Å². The molecule has 0 saturated carbocycles. The number of allylic oxidation sites excluding steroid dienone is 11. The van der Waals surface area contributed by atoms with Crippen molar-refractivity contribution in [2.45, 2.75) is 307 Å². The summed E-state index contributed by atoms with van der Waals surface area (Å²) >= 11 is 0. The summed E-state index contributed by atoms with van der Waals surface area (Å²) < 4.78 is 17.5. The van der Waals surface area contributed by atoms with Gasteiger partial charge in [0.1, 0.15) is 24.4 Å². The number of aliphatic hydroxyl groups excluding tert-OH is 5. The molecule has 0 aromatic rings. The molecule has 0 aliphatic carbocycles. The number of hydrogen-bond acceptors (Lipinski definition) is 10. The van der Waals surface area contributed by atoms with Gasteiger partial charge in [0.25, 0.3) is 0 Å². The molecule has 75 heavy (non-hydrogen) atoms. The molecule has 0 aromatic carbocycles. The topological polar surface area (TPSA) is 175 Å². The molecule has 11 nitrogen and oxygen atoms in total. The summed E-state index contributed by atoms with van der Waals surface area (Å²) in [6, 6.07) is -1.04. The second-order valence-electron chi connectivity index (χ2n) is 21.1. The molecule has 0 aromatic heterocycles. The van der Waals surface area contributed by atoms with Crippen LogP contribution in [0.15, 0.2) is 72.9 Å². The molecule has 1 aliphatic heterocycles. The van der Waals surface area contributed by atoms with Gasteiger partial charge in [0.15, 0.2) is 12.4 Å². The van der Waals surface area contributed by atoms with E-state index in [9.17, 15) is 35.1 Å². The molecule has 1 heterocycles. The maximum Gasteiger partial charge on any atom is 0.306 e. The van der Waals surface area contributed by atoms with Crippen LogP contribution < -0.4 is 5.32 Å². The Morgan fingerprint density at radius 1 is 0.520 bits per heavy atom. The SMILES string of the molecule is CCCCC/C=C\C/C=C\C/C=C\CCCCCCCCCCCC(O)C(=O)NC(COC1OC(CO)C(O)C(O)C1OC(=O)CC/C=C/C/C=C\CCCCCCCC)C(O)/C=C/CCCCCCCCCCC. The van der Waals surface area contributed by atoms with Crippen molar-refractivity contribution in [3.8, 4) is 0 Å². The van der Waals surface area contributed by atoms with Crippen molar-refractivity contribution < 1.29 is 49.3 Å². The Bertz CT molecular complexity index is 1490. The highest BCUT2D eigenvalue weighted by Gasteiger charge is 2.47. The van der Waals surface area contributed by atoms with Crippen LogP contribution in [0.2, 0.25) is 0 Å². The van der Waals surface area contributed by atoms with E-state index in [2.05, 4.69) is 74.7 Å². The second-order valence-corrected chi connectivity index (χ2v) is 21.1. The van der Waals surface area contributed by atoms with Crippen molar-refractivity contribution in [3.05, 3.63) is 72.9 Å². The molecule has 11 heteroatoms. The van der Waals surface area contributed by atoms with E-state index in [1.54, 1.807) is 6.08 Å². The Morgan fingerprint density at radius 3 is 1.40 bits per heavy atom. The van der Waals surface area contributed by atoms with E-state index in [4.69, 9.17) is 14.2 Å². The number of nitrogens with one attached hydrogen (secondary N) is 1. The number of aliphatic hydroxyl groups is 5. The summed E-state index contributed by atoms with van der Waals surface area (Å²) in [5, 5.41) is 56.8. The zero-order valence-electron chi connectivity index (χ0n) is 47.9. The lowest BCUT2D eigenvalue weighted by Crippen LogP contribution is -2.61. The molecule has 0 bridgehead atoms. The number of ether oxygens (including phenoxy) is 3. The Labute approximate surface area is 458 Å². The molecule has 8 atom stereocenters. The zero-order chi connectivity index (χ0) is 54.7. The molecule has 0 spiro atoms. The number of hydrogen-bond donors (Lipinski definition) is 6. The Balaban J connectivity index is 2.67. The standard InChI is InChI=1S/C64H113NO10/c1-4-7-10-13-16-19-22-24-25-26-27-28-29-30-31-32-34-36-39-42-45-48-51-57(68)63(72)65-55(56(67)50-47-44-41-38-35-21-18-15-12-9-6-3)54-73-64-62(61(71)60(70)58(53-66)74-64)75-59(69)52-49-46-43-40-37-33-23-20-17-14-11-8-5-2/h16,19,24-25,27-28,33,37,43,46-47,50,55-58,60-62,64,66-68,70-71H,4-15,17-18,20-23,26,29-32,34-36,38-42,44-45,48-49,51-54H2,1-3H3,(H,65,72)/b19-16-,25-24-,28-27-,37-33-,46-43+,50-47+. The fourth-order valence-electron chi connectivity index (χ4n) is 9.18. The summed E-state index contributed by atoms with van der Waals surface area (Å²) in [6.07, 6.45) is 55.3. The number of carbonyl (C=O) groups is 2. The van der Waals surface area contributed by atoms with Gasteiger partial charge in [-0.2, -0.15) is 0 Å². The minimum atomic E-state index is -1.64. The molecule has 0 radical (unpaired) electrons. The quantitative estimate of drug-likeness (QED) is 0.0195. The first-order chi connectivity index (χ1) is 36.7. The first-order valence-electron chi connectivity index (χ1n) is 30.7. The summed E-state index contributed by atoms with van der Waals surface area (Å²) in [7, 11) is 0. The Morgan fingerprint density at radius 2 is 0.920 bits per heavy atom. The van der Waals surface area contributed by atoms with Crippen LogP contribution in [0.25, 0.3) is 0 Å². The smallest absolute Gasteiger partial charge is 0.306 e. The molecular weight excluding hydrogens is 943 g/mol. The number of unbranched alkanes of at least 4 members (excludes halogenated alkanes) is 27. The van der Waals surface area contributed by atoms with Gasteiger partial charge in [-0.1, -0.05) is 241 Å². The Kier molecular flexibility index (Phi) is 48.5. The van der Waals surface area contributed by atoms with E-state index in [0.29, 0.717) is 12.8 Å². The van der Waals surface area contributed by atoms with E-state index < -0.39 is 67.4 Å². The van der Waals surface area contributed by atoms with Crippen LogP contribution in [0.4, 0.5) is 0 Å².